The first-order valence-electron chi connectivity index (χ1n) is 11.6. The van der Waals surface area contributed by atoms with Gasteiger partial charge in [0.2, 0.25) is 11.5 Å². The van der Waals surface area contributed by atoms with Gasteiger partial charge in [-0.2, -0.15) is 0 Å². The average Bonchev–Trinajstić information content (AvgIpc) is 2.85. The van der Waals surface area contributed by atoms with Gasteiger partial charge in [-0.05, 0) is 63.2 Å². The summed E-state index contributed by atoms with van der Waals surface area (Å²) >= 11 is 0. The second kappa shape index (κ2) is 10.3. The third-order valence-electron chi connectivity index (χ3n) is 6.17. The van der Waals surface area contributed by atoms with Crippen LogP contribution in [-0.4, -0.2) is 62.8 Å². The fourth-order valence-corrected chi connectivity index (χ4v) is 4.15. The maximum atomic E-state index is 13.0. The van der Waals surface area contributed by atoms with Crippen LogP contribution in [0, 0.1) is 5.82 Å². The second-order valence-corrected chi connectivity index (χ2v) is 9.28. The van der Waals surface area contributed by atoms with Gasteiger partial charge in [-0.1, -0.05) is 0 Å². The van der Waals surface area contributed by atoms with Crippen LogP contribution in [0.5, 0.6) is 11.5 Å². The van der Waals surface area contributed by atoms with Gasteiger partial charge >= 0.3 is 0 Å². The van der Waals surface area contributed by atoms with Crippen LogP contribution in [0.15, 0.2) is 65.7 Å². The Balaban J connectivity index is 1.34. The van der Waals surface area contributed by atoms with Gasteiger partial charge in [-0.3, -0.25) is 19.3 Å². The zero-order valence-electron chi connectivity index (χ0n) is 20.3. The number of aromatic amines is 1. The van der Waals surface area contributed by atoms with E-state index in [1.165, 1.54) is 48.8 Å². The minimum atomic E-state index is -0.530. The highest BCUT2D eigenvalue weighted by molar-refractivity contribution is 5.95. The number of hydrogen-bond acceptors (Lipinski definition) is 6. The number of nitrogens with one attached hydrogen (secondary N) is 2. The number of hydrogen-bond donors (Lipinski definition) is 2. The largest absolute Gasteiger partial charge is 0.456 e. The summed E-state index contributed by atoms with van der Waals surface area (Å²) in [5.41, 5.74) is -0.378. The van der Waals surface area contributed by atoms with E-state index in [1.54, 1.807) is 17.0 Å². The molecule has 3 aromatic rings. The van der Waals surface area contributed by atoms with Gasteiger partial charge in [0, 0.05) is 31.9 Å². The lowest BCUT2D eigenvalue weighted by Gasteiger charge is -2.48. The van der Waals surface area contributed by atoms with E-state index in [9.17, 15) is 18.8 Å². The van der Waals surface area contributed by atoms with E-state index in [1.807, 2.05) is 25.7 Å². The third kappa shape index (κ3) is 5.77. The van der Waals surface area contributed by atoms with Gasteiger partial charge in [0.25, 0.3) is 5.91 Å². The third-order valence-corrected chi connectivity index (χ3v) is 6.17. The zero-order chi connectivity index (χ0) is 25.9. The Morgan fingerprint density at radius 1 is 1.08 bits per heavy atom. The van der Waals surface area contributed by atoms with Crippen molar-refractivity contribution >= 4 is 17.6 Å². The van der Waals surface area contributed by atoms with Gasteiger partial charge in [-0.15, -0.1) is 0 Å². The van der Waals surface area contributed by atoms with Gasteiger partial charge in [-0.25, -0.2) is 9.37 Å². The van der Waals surface area contributed by atoms with Crippen molar-refractivity contribution in [3.05, 3.63) is 82.7 Å². The maximum absolute atomic E-state index is 13.0. The van der Waals surface area contributed by atoms with Crippen molar-refractivity contribution in [3.63, 3.8) is 0 Å². The van der Waals surface area contributed by atoms with E-state index >= 15 is 0 Å². The predicted molar refractivity (Wildman–Crippen MR) is 133 cm³/mol. The van der Waals surface area contributed by atoms with Crippen LogP contribution in [0.3, 0.4) is 0 Å². The highest BCUT2D eigenvalue weighted by atomic mass is 19.1. The normalized spacial score (nSPS) is 16.3. The molecule has 1 fully saturated rings. The van der Waals surface area contributed by atoms with Crippen molar-refractivity contribution in [2.75, 3.05) is 25.0 Å². The monoisotopic (exact) mass is 493 g/mol. The van der Waals surface area contributed by atoms with Crippen LogP contribution in [0.1, 0.15) is 31.1 Å². The molecule has 4 rings (SSSR count). The molecule has 3 heterocycles. The first-order valence-corrected chi connectivity index (χ1v) is 11.6. The molecule has 2 N–H and O–H groups in total. The Morgan fingerprint density at radius 2 is 1.81 bits per heavy atom. The molecule has 0 saturated carbocycles. The number of ether oxygens (including phenoxy) is 1. The Morgan fingerprint density at radius 3 is 2.42 bits per heavy atom. The molecule has 1 aliphatic heterocycles. The number of nitrogens with zero attached hydrogens (tertiary/aromatic N) is 3. The summed E-state index contributed by atoms with van der Waals surface area (Å²) in [5, 5.41) is 2.82. The molecule has 188 valence electrons. The van der Waals surface area contributed by atoms with Crippen LogP contribution >= 0.6 is 0 Å². The number of aromatic nitrogens is 2. The number of carbonyl (C=O) groups is 2. The molecule has 10 heteroatoms. The molecule has 2 aromatic heterocycles. The molecule has 1 aromatic carbocycles. The van der Waals surface area contributed by atoms with E-state index in [4.69, 9.17) is 4.74 Å². The van der Waals surface area contributed by atoms with Crippen molar-refractivity contribution in [2.45, 2.75) is 32.4 Å². The quantitative estimate of drug-likeness (QED) is 0.546. The number of anilines is 1. The molecule has 0 radical (unpaired) electrons. The van der Waals surface area contributed by atoms with Crippen molar-refractivity contribution < 1.29 is 18.7 Å². The summed E-state index contributed by atoms with van der Waals surface area (Å²) < 4.78 is 18.7. The Hall–Kier alpha value is -4.05. The molecular formula is C26H28FN5O4. The smallest absolute Gasteiger partial charge is 0.255 e. The SMILES string of the molecule is C[C@H](C(=O)Nc1ccc(Oc2ccc(F)cc2)cn1)N1CCN(C(=O)c2ccc(=O)[nH]c2)C(C)(C)C1. The summed E-state index contributed by atoms with van der Waals surface area (Å²) in [6.45, 7) is 7.18. The molecular weight excluding hydrogens is 465 g/mol. The summed E-state index contributed by atoms with van der Waals surface area (Å²) in [6.07, 6.45) is 2.90. The van der Waals surface area contributed by atoms with Crippen molar-refractivity contribution in [2.24, 2.45) is 0 Å². The van der Waals surface area contributed by atoms with Gasteiger partial charge in [0.05, 0.1) is 23.3 Å². The molecule has 1 atom stereocenters. The lowest BCUT2D eigenvalue weighted by molar-refractivity contribution is -0.122. The number of pyridine rings is 2. The van der Waals surface area contributed by atoms with Crippen molar-refractivity contribution in [1.82, 2.24) is 19.8 Å². The summed E-state index contributed by atoms with van der Waals surface area (Å²) in [7, 11) is 0. The molecule has 0 aliphatic carbocycles. The molecule has 36 heavy (non-hydrogen) atoms. The van der Waals surface area contributed by atoms with E-state index in [0.29, 0.717) is 42.5 Å². The predicted octanol–water partition coefficient (Wildman–Crippen LogP) is 3.26. The number of benzene rings is 1. The minimum Gasteiger partial charge on any atom is -0.456 e. The van der Waals surface area contributed by atoms with E-state index < -0.39 is 11.6 Å². The Labute approximate surface area is 207 Å². The molecule has 0 bridgehead atoms. The Bertz CT molecular complexity index is 1270. The van der Waals surface area contributed by atoms with E-state index in [2.05, 4.69) is 15.3 Å². The fraction of sp³-hybridized carbons (Fsp3) is 0.308. The first-order chi connectivity index (χ1) is 17.1. The van der Waals surface area contributed by atoms with Gasteiger partial charge < -0.3 is 19.9 Å². The molecule has 0 unspecified atom stereocenters. The minimum absolute atomic E-state index is 0.167. The lowest BCUT2D eigenvalue weighted by Crippen LogP contribution is -2.63. The molecule has 1 aliphatic rings. The molecule has 9 nitrogen and oxygen atoms in total. The number of rotatable bonds is 6. The Kier molecular flexibility index (Phi) is 7.16. The summed E-state index contributed by atoms with van der Waals surface area (Å²) in [4.78, 5) is 47.8. The second-order valence-electron chi connectivity index (χ2n) is 9.28. The van der Waals surface area contributed by atoms with E-state index in [-0.39, 0.29) is 23.2 Å². The average molecular weight is 494 g/mol. The standard InChI is InChI=1S/C26H28FN5O4/c1-17(24(34)30-22-10-9-21(15-28-22)36-20-7-5-19(27)6-8-20)31-12-13-32(26(2,3)16-31)25(35)18-4-11-23(33)29-14-18/h4-11,14-15,17H,12-13,16H2,1-3H3,(H,29,33)(H,28,30,34)/t17-/m1/s1. The van der Waals surface area contributed by atoms with Crippen molar-refractivity contribution in [1.29, 1.82) is 0 Å². The van der Waals surface area contributed by atoms with Crippen LogP contribution in [0.2, 0.25) is 0 Å². The number of halogens is 1. The van der Waals surface area contributed by atoms with Crippen LogP contribution in [-0.2, 0) is 4.79 Å². The molecule has 2 amide bonds. The number of carbonyl (C=O) groups excluding carboxylic acids is 2. The molecule has 0 spiro atoms. The van der Waals surface area contributed by atoms with Crippen LogP contribution in [0.4, 0.5) is 10.2 Å². The summed E-state index contributed by atoms with van der Waals surface area (Å²) in [5.74, 6) is 0.579. The zero-order valence-corrected chi connectivity index (χ0v) is 20.3. The topological polar surface area (TPSA) is 108 Å². The number of amides is 2. The molecule has 1 saturated heterocycles. The number of H-pyrrole nitrogens is 1. The lowest BCUT2D eigenvalue weighted by atomic mass is 9.96. The van der Waals surface area contributed by atoms with Crippen LogP contribution in [0.25, 0.3) is 0 Å². The highest BCUT2D eigenvalue weighted by Gasteiger charge is 2.39. The maximum Gasteiger partial charge on any atom is 0.255 e. The first kappa shape index (κ1) is 25.1. The van der Waals surface area contributed by atoms with Crippen molar-refractivity contribution in [3.8, 4) is 11.5 Å². The van der Waals surface area contributed by atoms with E-state index in [0.717, 1.165) is 0 Å². The van der Waals surface area contributed by atoms with Crippen LogP contribution < -0.4 is 15.6 Å². The number of piperazine rings is 1. The summed E-state index contributed by atoms with van der Waals surface area (Å²) in [6, 6.07) is 11.3. The highest BCUT2D eigenvalue weighted by Crippen LogP contribution is 2.25. The van der Waals surface area contributed by atoms with Gasteiger partial charge in [0.15, 0.2) is 0 Å². The fourth-order valence-electron chi connectivity index (χ4n) is 4.15. The van der Waals surface area contributed by atoms with Gasteiger partial charge in [0.1, 0.15) is 23.1 Å².